The molecule has 2 aromatic rings. The van der Waals surface area contributed by atoms with Crippen LogP contribution in [0.4, 0.5) is 0 Å². The van der Waals surface area contributed by atoms with E-state index in [1.165, 1.54) is 23.1 Å². The van der Waals surface area contributed by atoms with Crippen LogP contribution in [0.2, 0.25) is 0 Å². The summed E-state index contributed by atoms with van der Waals surface area (Å²) in [5.41, 5.74) is 3.97. The van der Waals surface area contributed by atoms with Crippen molar-refractivity contribution in [3.63, 3.8) is 0 Å². The van der Waals surface area contributed by atoms with Crippen molar-refractivity contribution in [1.82, 2.24) is 10.2 Å². The van der Waals surface area contributed by atoms with Gasteiger partial charge in [0.2, 0.25) is 0 Å². The van der Waals surface area contributed by atoms with Crippen LogP contribution in [0.3, 0.4) is 0 Å². The number of furan rings is 1. The molecule has 0 aliphatic carbocycles. The van der Waals surface area contributed by atoms with Crippen molar-refractivity contribution in [3.8, 4) is 0 Å². The number of nitrogens with zero attached hydrogens (tertiary/aromatic N) is 1. The van der Waals surface area contributed by atoms with Gasteiger partial charge in [-0.1, -0.05) is 31.2 Å². The van der Waals surface area contributed by atoms with Gasteiger partial charge in [0.15, 0.2) is 0 Å². The second-order valence-corrected chi connectivity index (χ2v) is 5.67. The van der Waals surface area contributed by atoms with Crippen LogP contribution in [0.15, 0.2) is 41.0 Å². The summed E-state index contributed by atoms with van der Waals surface area (Å²) in [5.74, 6) is 1.01. The van der Waals surface area contributed by atoms with E-state index in [1.807, 2.05) is 6.92 Å². The molecule has 0 aliphatic rings. The third-order valence-corrected chi connectivity index (χ3v) is 3.61. The first-order valence-electron chi connectivity index (χ1n) is 7.69. The molecule has 0 amide bonds. The van der Waals surface area contributed by atoms with E-state index in [0.29, 0.717) is 0 Å². The van der Waals surface area contributed by atoms with E-state index in [-0.39, 0.29) is 0 Å². The summed E-state index contributed by atoms with van der Waals surface area (Å²) in [4.78, 5) is 2.32. The van der Waals surface area contributed by atoms with Crippen molar-refractivity contribution in [2.75, 3.05) is 13.6 Å². The smallest absolute Gasteiger partial charge is 0.105 e. The minimum Gasteiger partial charge on any atom is -0.469 e. The van der Waals surface area contributed by atoms with Gasteiger partial charge in [-0.3, -0.25) is 4.90 Å². The summed E-state index contributed by atoms with van der Waals surface area (Å²) in [6.07, 6.45) is 2.94. The van der Waals surface area contributed by atoms with Crippen molar-refractivity contribution in [3.05, 3.63) is 59.0 Å². The van der Waals surface area contributed by atoms with Gasteiger partial charge in [-0.05, 0) is 44.1 Å². The fourth-order valence-corrected chi connectivity index (χ4v) is 2.48. The Morgan fingerprint density at radius 1 is 1.14 bits per heavy atom. The maximum atomic E-state index is 5.35. The maximum absolute atomic E-state index is 5.35. The monoisotopic (exact) mass is 286 g/mol. The fourth-order valence-electron chi connectivity index (χ4n) is 2.48. The highest BCUT2D eigenvalue weighted by Crippen LogP contribution is 2.14. The summed E-state index contributed by atoms with van der Waals surface area (Å²) in [7, 11) is 2.15. The molecule has 0 unspecified atom stereocenters. The van der Waals surface area contributed by atoms with Crippen LogP contribution in [-0.4, -0.2) is 18.5 Å². The van der Waals surface area contributed by atoms with Crippen LogP contribution in [0, 0.1) is 6.92 Å². The number of hydrogen-bond acceptors (Lipinski definition) is 3. The first kappa shape index (κ1) is 15.8. The lowest BCUT2D eigenvalue weighted by molar-refractivity contribution is 0.316. The highest BCUT2D eigenvalue weighted by molar-refractivity contribution is 5.23. The second-order valence-electron chi connectivity index (χ2n) is 5.67. The average molecular weight is 286 g/mol. The summed E-state index contributed by atoms with van der Waals surface area (Å²) in [6, 6.07) is 10.9. The molecule has 0 spiro atoms. The molecular formula is C18H26N2O. The Labute approximate surface area is 128 Å². The molecule has 21 heavy (non-hydrogen) atoms. The van der Waals surface area contributed by atoms with Gasteiger partial charge in [-0.25, -0.2) is 0 Å². The second kappa shape index (κ2) is 8.01. The largest absolute Gasteiger partial charge is 0.469 e. The van der Waals surface area contributed by atoms with Gasteiger partial charge in [0.25, 0.3) is 0 Å². The van der Waals surface area contributed by atoms with E-state index in [2.05, 4.69) is 54.5 Å². The molecule has 114 valence electrons. The summed E-state index contributed by atoms with van der Waals surface area (Å²) >= 11 is 0. The van der Waals surface area contributed by atoms with E-state index >= 15 is 0 Å². The SMILES string of the molecule is CCCNCc1cccc(CN(C)Cc2ccoc2C)c1. The molecule has 0 bridgehead atoms. The first-order chi connectivity index (χ1) is 10.2. The number of aryl methyl sites for hydroxylation is 1. The highest BCUT2D eigenvalue weighted by Gasteiger charge is 2.06. The molecule has 2 rings (SSSR count). The Hall–Kier alpha value is -1.58. The van der Waals surface area contributed by atoms with Crippen molar-refractivity contribution in [1.29, 1.82) is 0 Å². The van der Waals surface area contributed by atoms with Crippen molar-refractivity contribution in [2.45, 2.75) is 39.9 Å². The predicted molar refractivity (Wildman–Crippen MR) is 87.1 cm³/mol. The Morgan fingerprint density at radius 3 is 2.67 bits per heavy atom. The maximum Gasteiger partial charge on any atom is 0.105 e. The molecular weight excluding hydrogens is 260 g/mol. The quantitative estimate of drug-likeness (QED) is 0.750. The molecule has 0 atom stereocenters. The molecule has 3 heteroatoms. The molecule has 0 saturated carbocycles. The molecule has 3 nitrogen and oxygen atoms in total. The molecule has 1 aromatic heterocycles. The lowest BCUT2D eigenvalue weighted by atomic mass is 10.1. The molecule has 1 aromatic carbocycles. The molecule has 0 saturated heterocycles. The van der Waals surface area contributed by atoms with E-state index in [1.54, 1.807) is 6.26 Å². The van der Waals surface area contributed by atoms with Gasteiger partial charge < -0.3 is 9.73 Å². The average Bonchev–Trinajstić information content (AvgIpc) is 2.85. The van der Waals surface area contributed by atoms with Crippen LogP contribution in [0.25, 0.3) is 0 Å². The highest BCUT2D eigenvalue weighted by atomic mass is 16.3. The Kier molecular flexibility index (Phi) is 6.03. The zero-order valence-electron chi connectivity index (χ0n) is 13.4. The minimum atomic E-state index is 0.917. The lowest BCUT2D eigenvalue weighted by Crippen LogP contribution is -2.18. The third kappa shape index (κ3) is 5.03. The van der Waals surface area contributed by atoms with Crippen LogP contribution >= 0.6 is 0 Å². The van der Waals surface area contributed by atoms with E-state index in [4.69, 9.17) is 4.42 Å². The van der Waals surface area contributed by atoms with Crippen molar-refractivity contribution >= 4 is 0 Å². The van der Waals surface area contributed by atoms with Crippen molar-refractivity contribution in [2.24, 2.45) is 0 Å². The summed E-state index contributed by atoms with van der Waals surface area (Å²) < 4.78 is 5.35. The zero-order chi connectivity index (χ0) is 15.1. The molecule has 0 aliphatic heterocycles. The summed E-state index contributed by atoms with van der Waals surface area (Å²) in [5, 5.41) is 3.45. The molecule has 1 N–H and O–H groups in total. The number of benzene rings is 1. The van der Waals surface area contributed by atoms with Crippen LogP contribution < -0.4 is 5.32 Å². The molecule has 1 heterocycles. The Balaban J connectivity index is 1.89. The fraction of sp³-hybridized carbons (Fsp3) is 0.444. The van der Waals surface area contributed by atoms with Gasteiger partial charge in [-0.2, -0.15) is 0 Å². The van der Waals surface area contributed by atoms with Gasteiger partial charge >= 0.3 is 0 Å². The van der Waals surface area contributed by atoms with E-state index in [9.17, 15) is 0 Å². The lowest BCUT2D eigenvalue weighted by Gasteiger charge is -2.17. The Morgan fingerprint density at radius 2 is 1.95 bits per heavy atom. The molecule has 0 radical (unpaired) electrons. The predicted octanol–water partition coefficient (Wildman–Crippen LogP) is 3.72. The van der Waals surface area contributed by atoms with Crippen LogP contribution in [0.5, 0.6) is 0 Å². The Bertz CT molecular complexity index is 548. The van der Waals surface area contributed by atoms with Gasteiger partial charge in [0.1, 0.15) is 5.76 Å². The normalized spacial score (nSPS) is 11.2. The molecule has 0 fully saturated rings. The van der Waals surface area contributed by atoms with Crippen LogP contribution in [-0.2, 0) is 19.6 Å². The number of rotatable bonds is 8. The zero-order valence-corrected chi connectivity index (χ0v) is 13.4. The topological polar surface area (TPSA) is 28.4 Å². The van der Waals surface area contributed by atoms with Gasteiger partial charge in [0, 0.05) is 25.2 Å². The van der Waals surface area contributed by atoms with E-state index in [0.717, 1.165) is 31.9 Å². The van der Waals surface area contributed by atoms with E-state index < -0.39 is 0 Å². The van der Waals surface area contributed by atoms with Gasteiger partial charge in [0.05, 0.1) is 6.26 Å². The third-order valence-electron chi connectivity index (χ3n) is 3.61. The summed E-state index contributed by atoms with van der Waals surface area (Å²) in [6.45, 7) is 8.10. The van der Waals surface area contributed by atoms with Crippen LogP contribution in [0.1, 0.15) is 35.8 Å². The minimum absolute atomic E-state index is 0.917. The standard InChI is InChI=1S/C18H26N2O/c1-4-9-19-12-16-6-5-7-17(11-16)13-20(3)14-18-8-10-21-15(18)2/h5-8,10-11,19H,4,9,12-14H2,1-3H3. The number of hydrogen-bond donors (Lipinski definition) is 1. The van der Waals surface area contributed by atoms with Gasteiger partial charge in [-0.15, -0.1) is 0 Å². The van der Waals surface area contributed by atoms with Crippen molar-refractivity contribution < 1.29 is 4.42 Å². The first-order valence-corrected chi connectivity index (χ1v) is 7.69. The number of nitrogens with one attached hydrogen (secondary N) is 1.